The van der Waals surface area contributed by atoms with E-state index in [0.29, 0.717) is 18.0 Å². The van der Waals surface area contributed by atoms with Crippen LogP contribution in [0.3, 0.4) is 0 Å². The highest BCUT2D eigenvalue weighted by Crippen LogP contribution is 2.25. The second-order valence-corrected chi connectivity index (χ2v) is 7.57. The Balaban J connectivity index is 1.62. The first-order valence-electron chi connectivity index (χ1n) is 10.9. The number of amides is 2. The number of hydrogen-bond acceptors (Lipinski definition) is 4. The summed E-state index contributed by atoms with van der Waals surface area (Å²) in [4.78, 5) is 29.3. The maximum Gasteiger partial charge on any atom is 0.313 e. The zero-order valence-corrected chi connectivity index (χ0v) is 18.6. The van der Waals surface area contributed by atoms with Crippen molar-refractivity contribution in [2.24, 2.45) is 0 Å². The normalized spacial score (nSPS) is 10.4. The van der Waals surface area contributed by atoms with Crippen molar-refractivity contribution in [1.82, 2.24) is 10.3 Å². The van der Waals surface area contributed by atoms with Gasteiger partial charge in [-0.05, 0) is 37.1 Å². The largest absolute Gasteiger partial charge is 0.493 e. The van der Waals surface area contributed by atoms with Crippen LogP contribution in [-0.4, -0.2) is 23.4 Å². The topological polar surface area (TPSA) is 80.3 Å². The van der Waals surface area contributed by atoms with E-state index in [1.54, 1.807) is 18.3 Å². The lowest BCUT2D eigenvalue weighted by molar-refractivity contribution is -0.136. The van der Waals surface area contributed by atoms with E-state index in [1.165, 1.54) is 0 Å². The predicted octanol–water partition coefficient (Wildman–Crippen LogP) is 4.88. The van der Waals surface area contributed by atoms with Crippen molar-refractivity contribution in [3.8, 4) is 17.0 Å². The minimum atomic E-state index is -0.743. The molecule has 1 aromatic heterocycles. The lowest BCUT2D eigenvalue weighted by Crippen LogP contribution is -2.35. The number of benzene rings is 2. The molecule has 0 aliphatic heterocycles. The molecule has 0 aliphatic rings. The number of pyridine rings is 1. The highest BCUT2D eigenvalue weighted by Gasteiger charge is 2.17. The summed E-state index contributed by atoms with van der Waals surface area (Å²) in [5, 5.41) is 5.36. The number of anilines is 1. The Kier molecular flexibility index (Phi) is 8.37. The van der Waals surface area contributed by atoms with Crippen LogP contribution in [0.15, 0.2) is 66.9 Å². The molecule has 0 unspecified atom stereocenters. The highest BCUT2D eigenvalue weighted by atomic mass is 16.5. The number of ether oxygens (including phenoxy) is 1. The monoisotopic (exact) mass is 431 g/mol. The molecular formula is C26H29N3O3. The van der Waals surface area contributed by atoms with Crippen LogP contribution in [0.4, 0.5) is 5.69 Å². The van der Waals surface area contributed by atoms with Crippen LogP contribution in [0.25, 0.3) is 11.3 Å². The average Bonchev–Trinajstić information content (AvgIpc) is 2.82. The predicted molar refractivity (Wildman–Crippen MR) is 126 cm³/mol. The van der Waals surface area contributed by atoms with Crippen LogP contribution in [0, 0.1) is 6.92 Å². The second kappa shape index (κ2) is 11.6. The molecule has 166 valence electrons. The summed E-state index contributed by atoms with van der Waals surface area (Å²) < 4.78 is 5.91. The Bertz CT molecular complexity index is 1050. The van der Waals surface area contributed by atoms with Gasteiger partial charge in [-0.25, -0.2) is 0 Å². The van der Waals surface area contributed by atoms with Crippen molar-refractivity contribution < 1.29 is 14.3 Å². The maximum atomic E-state index is 12.5. The van der Waals surface area contributed by atoms with E-state index in [1.807, 2.05) is 55.5 Å². The number of aromatic nitrogens is 1. The summed E-state index contributed by atoms with van der Waals surface area (Å²) in [6.07, 6.45) is 4.86. The fourth-order valence-electron chi connectivity index (χ4n) is 3.24. The zero-order chi connectivity index (χ0) is 22.8. The van der Waals surface area contributed by atoms with Gasteiger partial charge in [-0.1, -0.05) is 62.2 Å². The molecule has 3 aromatic rings. The maximum absolute atomic E-state index is 12.5. The number of hydrogen-bond donors (Lipinski definition) is 2. The van der Waals surface area contributed by atoms with Crippen molar-refractivity contribution in [1.29, 1.82) is 0 Å². The van der Waals surface area contributed by atoms with Crippen LogP contribution >= 0.6 is 0 Å². The molecule has 1 heterocycles. The lowest BCUT2D eigenvalue weighted by Gasteiger charge is -2.14. The van der Waals surface area contributed by atoms with Crippen molar-refractivity contribution in [3.63, 3.8) is 0 Å². The molecule has 2 aromatic carbocycles. The first-order chi connectivity index (χ1) is 15.6. The van der Waals surface area contributed by atoms with Crippen LogP contribution < -0.4 is 15.4 Å². The first-order valence-corrected chi connectivity index (χ1v) is 10.9. The average molecular weight is 432 g/mol. The number of rotatable bonds is 9. The van der Waals surface area contributed by atoms with Gasteiger partial charge in [0.25, 0.3) is 0 Å². The number of nitrogens with one attached hydrogen (secondary N) is 2. The summed E-state index contributed by atoms with van der Waals surface area (Å²) >= 11 is 0. The Morgan fingerprint density at radius 2 is 1.78 bits per heavy atom. The molecule has 0 radical (unpaired) electrons. The molecule has 6 heteroatoms. The Morgan fingerprint density at radius 3 is 2.56 bits per heavy atom. The van der Waals surface area contributed by atoms with Gasteiger partial charge in [0.05, 0.1) is 18.0 Å². The molecular weight excluding hydrogens is 402 g/mol. The van der Waals surface area contributed by atoms with Gasteiger partial charge in [0.15, 0.2) is 0 Å². The van der Waals surface area contributed by atoms with E-state index < -0.39 is 11.8 Å². The van der Waals surface area contributed by atoms with Crippen molar-refractivity contribution in [2.75, 3.05) is 11.9 Å². The standard InChI is InChI=1S/C26H29N3O3/c1-3-4-8-16-32-23-17-19(2)13-14-21(23)18-28-25(30)26(31)29-22-12-9-15-27-24(22)20-10-6-5-7-11-20/h5-7,9-15,17H,3-4,8,16,18H2,1-2H3,(H,28,30)(H,29,31). The third kappa shape index (κ3) is 6.41. The first kappa shape index (κ1) is 23.0. The van der Waals surface area contributed by atoms with Gasteiger partial charge in [0.2, 0.25) is 0 Å². The molecule has 0 fully saturated rings. The van der Waals surface area contributed by atoms with Gasteiger partial charge in [-0.3, -0.25) is 14.6 Å². The number of unbranched alkanes of at least 4 members (excludes halogenated alkanes) is 2. The molecule has 0 saturated heterocycles. The van der Waals surface area contributed by atoms with E-state index in [2.05, 4.69) is 22.5 Å². The Labute approximate surface area is 189 Å². The summed E-state index contributed by atoms with van der Waals surface area (Å²) in [6.45, 7) is 4.97. The van der Waals surface area contributed by atoms with E-state index >= 15 is 0 Å². The third-order valence-corrected chi connectivity index (χ3v) is 4.98. The van der Waals surface area contributed by atoms with Crippen LogP contribution in [0.2, 0.25) is 0 Å². The summed E-state index contributed by atoms with van der Waals surface area (Å²) in [7, 11) is 0. The quantitative estimate of drug-likeness (QED) is 0.374. The van der Waals surface area contributed by atoms with Gasteiger partial charge >= 0.3 is 11.8 Å². The molecule has 0 bridgehead atoms. The van der Waals surface area contributed by atoms with E-state index in [9.17, 15) is 9.59 Å². The van der Waals surface area contributed by atoms with E-state index in [-0.39, 0.29) is 6.54 Å². The van der Waals surface area contributed by atoms with Crippen LogP contribution in [0.1, 0.15) is 37.3 Å². The zero-order valence-electron chi connectivity index (χ0n) is 18.6. The van der Waals surface area contributed by atoms with Gasteiger partial charge in [-0.2, -0.15) is 0 Å². The molecule has 6 nitrogen and oxygen atoms in total. The van der Waals surface area contributed by atoms with E-state index in [4.69, 9.17) is 4.74 Å². The molecule has 3 rings (SSSR count). The fourth-order valence-corrected chi connectivity index (χ4v) is 3.24. The molecule has 32 heavy (non-hydrogen) atoms. The van der Waals surface area contributed by atoms with E-state index in [0.717, 1.165) is 41.7 Å². The summed E-state index contributed by atoms with van der Waals surface area (Å²) in [5.41, 5.74) is 3.85. The number of aryl methyl sites for hydroxylation is 1. The Hall–Kier alpha value is -3.67. The van der Waals surface area contributed by atoms with Crippen molar-refractivity contribution in [2.45, 2.75) is 39.7 Å². The van der Waals surface area contributed by atoms with Crippen LogP contribution in [0.5, 0.6) is 5.75 Å². The lowest BCUT2D eigenvalue weighted by atomic mass is 10.1. The minimum absolute atomic E-state index is 0.203. The van der Waals surface area contributed by atoms with Gasteiger partial charge < -0.3 is 15.4 Å². The molecule has 0 atom stereocenters. The summed E-state index contributed by atoms with van der Waals surface area (Å²) in [6, 6.07) is 18.8. The third-order valence-electron chi connectivity index (χ3n) is 4.98. The Morgan fingerprint density at radius 1 is 0.969 bits per heavy atom. The van der Waals surface area contributed by atoms with Gasteiger partial charge in [0.1, 0.15) is 5.75 Å². The minimum Gasteiger partial charge on any atom is -0.493 e. The SMILES string of the molecule is CCCCCOc1cc(C)ccc1CNC(=O)C(=O)Nc1cccnc1-c1ccccc1. The molecule has 0 saturated carbocycles. The van der Waals surface area contributed by atoms with Gasteiger partial charge in [0, 0.05) is 23.9 Å². The fraction of sp³-hybridized carbons (Fsp3) is 0.269. The molecule has 0 aliphatic carbocycles. The molecule has 0 spiro atoms. The molecule has 2 N–H and O–H groups in total. The highest BCUT2D eigenvalue weighted by molar-refractivity contribution is 6.39. The number of nitrogens with zero attached hydrogens (tertiary/aromatic N) is 1. The van der Waals surface area contributed by atoms with Crippen LogP contribution in [-0.2, 0) is 16.1 Å². The van der Waals surface area contributed by atoms with Gasteiger partial charge in [-0.15, -0.1) is 0 Å². The molecule has 2 amide bonds. The smallest absolute Gasteiger partial charge is 0.313 e. The number of carbonyl (C=O) groups is 2. The number of carbonyl (C=O) groups excluding carboxylic acids is 2. The van der Waals surface area contributed by atoms with Crippen molar-refractivity contribution in [3.05, 3.63) is 78.0 Å². The van der Waals surface area contributed by atoms with Crippen molar-refractivity contribution >= 4 is 17.5 Å². The second-order valence-electron chi connectivity index (χ2n) is 7.57. The summed E-state index contributed by atoms with van der Waals surface area (Å²) in [5.74, 6) is -0.724.